The summed E-state index contributed by atoms with van der Waals surface area (Å²) in [6.45, 7) is 6.69. The molecular formula is C13H19N3O3S. The molecule has 0 aromatic heterocycles. The minimum Gasteiger partial charge on any atom is -0.477 e. The molecule has 1 aromatic rings. The molecule has 0 atom stereocenters. The van der Waals surface area contributed by atoms with E-state index in [1.165, 1.54) is 12.1 Å². The molecule has 1 rings (SSSR count). The maximum atomic E-state index is 11.3. The Morgan fingerprint density at radius 3 is 2.55 bits per heavy atom. The van der Waals surface area contributed by atoms with Crippen molar-refractivity contribution < 1.29 is 13.2 Å². The van der Waals surface area contributed by atoms with Gasteiger partial charge in [-0.3, -0.25) is 0 Å². The van der Waals surface area contributed by atoms with Gasteiger partial charge in [0.2, 0.25) is 10.0 Å². The Morgan fingerprint density at radius 1 is 1.40 bits per heavy atom. The van der Waals surface area contributed by atoms with Gasteiger partial charge in [0.1, 0.15) is 11.8 Å². The zero-order valence-electron chi connectivity index (χ0n) is 11.8. The van der Waals surface area contributed by atoms with E-state index in [1.54, 1.807) is 6.07 Å². The highest BCUT2D eigenvalue weighted by atomic mass is 32.2. The lowest BCUT2D eigenvalue weighted by atomic mass is 9.97. The Hall–Kier alpha value is -1.78. The van der Waals surface area contributed by atoms with Crippen molar-refractivity contribution in [2.45, 2.75) is 25.7 Å². The number of ether oxygens (including phenoxy) is 1. The predicted octanol–water partition coefficient (Wildman–Crippen LogP) is 1.69. The molecule has 3 N–H and O–H groups in total. The van der Waals surface area contributed by atoms with Gasteiger partial charge < -0.3 is 10.1 Å². The first-order valence-corrected chi connectivity index (χ1v) is 7.58. The van der Waals surface area contributed by atoms with Gasteiger partial charge in [-0.25, -0.2) is 13.6 Å². The summed E-state index contributed by atoms with van der Waals surface area (Å²) in [7, 11) is -3.80. The molecular weight excluding hydrogens is 278 g/mol. The molecule has 20 heavy (non-hydrogen) atoms. The lowest BCUT2D eigenvalue weighted by molar-refractivity contribution is 0.367. The van der Waals surface area contributed by atoms with Crippen molar-refractivity contribution in [2.75, 3.05) is 18.5 Å². The smallest absolute Gasteiger partial charge is 0.238 e. The number of primary sulfonamides is 1. The van der Waals surface area contributed by atoms with Gasteiger partial charge in [0, 0.05) is 12.6 Å². The SMILES string of the molecule is CC(C)(C)CNc1ccc(S(N)(=O)=O)cc1OCC#N. The third-order valence-electron chi connectivity index (χ3n) is 2.38. The molecule has 110 valence electrons. The molecule has 0 unspecified atom stereocenters. The summed E-state index contributed by atoms with van der Waals surface area (Å²) in [5.74, 6) is 0.294. The fraction of sp³-hybridized carbons (Fsp3) is 0.462. The van der Waals surface area contributed by atoms with E-state index in [4.69, 9.17) is 15.1 Å². The molecule has 0 aliphatic carbocycles. The Balaban J connectivity index is 3.07. The van der Waals surface area contributed by atoms with Gasteiger partial charge in [-0.1, -0.05) is 20.8 Å². The van der Waals surface area contributed by atoms with Gasteiger partial charge in [0.05, 0.1) is 10.6 Å². The lowest BCUT2D eigenvalue weighted by Gasteiger charge is -2.21. The maximum Gasteiger partial charge on any atom is 0.238 e. The molecule has 0 saturated carbocycles. The molecule has 0 heterocycles. The van der Waals surface area contributed by atoms with Crippen LogP contribution in [0, 0.1) is 16.7 Å². The van der Waals surface area contributed by atoms with Crippen LogP contribution < -0.4 is 15.2 Å². The second kappa shape index (κ2) is 6.11. The van der Waals surface area contributed by atoms with Gasteiger partial charge in [-0.05, 0) is 17.5 Å². The number of hydrogen-bond donors (Lipinski definition) is 2. The number of hydrogen-bond acceptors (Lipinski definition) is 5. The van der Waals surface area contributed by atoms with Crippen molar-refractivity contribution in [3.63, 3.8) is 0 Å². The van der Waals surface area contributed by atoms with E-state index in [1.807, 2.05) is 6.07 Å². The third kappa shape index (κ3) is 5.07. The molecule has 0 amide bonds. The van der Waals surface area contributed by atoms with E-state index >= 15 is 0 Å². The van der Waals surface area contributed by atoms with Crippen molar-refractivity contribution in [2.24, 2.45) is 10.6 Å². The van der Waals surface area contributed by atoms with Crippen LogP contribution in [0.4, 0.5) is 5.69 Å². The first kappa shape index (κ1) is 16.3. The maximum absolute atomic E-state index is 11.3. The first-order valence-electron chi connectivity index (χ1n) is 6.04. The van der Waals surface area contributed by atoms with Crippen LogP contribution in [0.3, 0.4) is 0 Å². The summed E-state index contributed by atoms with van der Waals surface area (Å²) >= 11 is 0. The number of rotatable bonds is 5. The summed E-state index contributed by atoms with van der Waals surface area (Å²) in [6.07, 6.45) is 0. The average molecular weight is 297 g/mol. The first-order chi connectivity index (χ1) is 9.13. The number of nitrogens with zero attached hydrogens (tertiary/aromatic N) is 1. The zero-order chi connectivity index (χ0) is 15.4. The van der Waals surface area contributed by atoms with E-state index in [0.717, 1.165) is 0 Å². The van der Waals surface area contributed by atoms with Crippen molar-refractivity contribution in [1.82, 2.24) is 0 Å². The van der Waals surface area contributed by atoms with Gasteiger partial charge in [-0.2, -0.15) is 5.26 Å². The van der Waals surface area contributed by atoms with Crippen LogP contribution in [0.25, 0.3) is 0 Å². The number of anilines is 1. The van der Waals surface area contributed by atoms with Crippen molar-refractivity contribution in [1.29, 1.82) is 5.26 Å². The molecule has 6 nitrogen and oxygen atoms in total. The van der Waals surface area contributed by atoms with Crippen LogP contribution in [0.15, 0.2) is 23.1 Å². The van der Waals surface area contributed by atoms with Crippen LogP contribution in [0.2, 0.25) is 0 Å². The van der Waals surface area contributed by atoms with Crippen molar-refractivity contribution in [3.8, 4) is 11.8 Å². The van der Waals surface area contributed by atoms with E-state index in [0.29, 0.717) is 18.0 Å². The Morgan fingerprint density at radius 2 is 2.05 bits per heavy atom. The van der Waals surface area contributed by atoms with Crippen LogP contribution in [-0.4, -0.2) is 21.6 Å². The van der Waals surface area contributed by atoms with Crippen LogP contribution in [0.1, 0.15) is 20.8 Å². The number of nitrogens with one attached hydrogen (secondary N) is 1. The van der Waals surface area contributed by atoms with Crippen LogP contribution in [-0.2, 0) is 10.0 Å². The molecule has 7 heteroatoms. The topological polar surface area (TPSA) is 105 Å². The quantitative estimate of drug-likeness (QED) is 0.860. The molecule has 0 aliphatic heterocycles. The number of nitrogens with two attached hydrogens (primary N) is 1. The number of benzene rings is 1. The van der Waals surface area contributed by atoms with Gasteiger partial charge in [0.15, 0.2) is 6.61 Å². The van der Waals surface area contributed by atoms with Gasteiger partial charge in [-0.15, -0.1) is 0 Å². The third-order valence-corrected chi connectivity index (χ3v) is 3.29. The van der Waals surface area contributed by atoms with E-state index in [-0.39, 0.29) is 16.9 Å². The van der Waals surface area contributed by atoms with Crippen molar-refractivity contribution in [3.05, 3.63) is 18.2 Å². The monoisotopic (exact) mass is 297 g/mol. The summed E-state index contributed by atoms with van der Waals surface area (Å²) < 4.78 is 27.9. The van der Waals surface area contributed by atoms with Gasteiger partial charge in [0.25, 0.3) is 0 Å². The fourth-order valence-electron chi connectivity index (χ4n) is 1.42. The molecule has 0 bridgehead atoms. The Bertz CT molecular complexity index is 613. The highest BCUT2D eigenvalue weighted by molar-refractivity contribution is 7.89. The Labute approximate surface area is 119 Å². The molecule has 1 aromatic carbocycles. The lowest BCUT2D eigenvalue weighted by Crippen LogP contribution is -2.19. The summed E-state index contributed by atoms with van der Waals surface area (Å²) in [5.41, 5.74) is 0.674. The summed E-state index contributed by atoms with van der Waals surface area (Å²) in [4.78, 5) is -0.0493. The van der Waals surface area contributed by atoms with Crippen molar-refractivity contribution >= 4 is 15.7 Å². The molecule has 0 aliphatic rings. The minimum atomic E-state index is -3.80. The van der Waals surface area contributed by atoms with E-state index in [9.17, 15) is 8.42 Å². The highest BCUT2D eigenvalue weighted by Crippen LogP contribution is 2.28. The minimum absolute atomic E-state index is 0.0467. The molecule has 0 saturated heterocycles. The highest BCUT2D eigenvalue weighted by Gasteiger charge is 2.15. The fourth-order valence-corrected chi connectivity index (χ4v) is 1.94. The molecule has 0 spiro atoms. The van der Waals surface area contributed by atoms with Gasteiger partial charge >= 0.3 is 0 Å². The predicted molar refractivity (Wildman–Crippen MR) is 76.9 cm³/mol. The van der Waals surface area contributed by atoms with E-state index < -0.39 is 10.0 Å². The largest absolute Gasteiger partial charge is 0.477 e. The van der Waals surface area contributed by atoms with Crippen LogP contribution in [0.5, 0.6) is 5.75 Å². The standard InChI is InChI=1S/C13H19N3O3S/c1-13(2,3)9-16-11-5-4-10(20(15,17)18)8-12(11)19-7-6-14/h4-5,8,16H,7,9H2,1-3H3,(H2,15,17,18). The average Bonchev–Trinajstić information content (AvgIpc) is 2.32. The molecule has 0 fully saturated rings. The zero-order valence-corrected chi connectivity index (χ0v) is 12.6. The summed E-state index contributed by atoms with van der Waals surface area (Å²) in [6, 6.07) is 6.14. The molecule has 0 radical (unpaired) electrons. The Kier molecular flexibility index (Phi) is 4.98. The normalized spacial score (nSPS) is 11.8. The summed E-state index contributed by atoms with van der Waals surface area (Å²) in [5, 5.41) is 16.8. The number of nitriles is 1. The second-order valence-corrected chi connectivity index (χ2v) is 7.13. The van der Waals surface area contributed by atoms with E-state index in [2.05, 4.69) is 26.1 Å². The van der Waals surface area contributed by atoms with Crippen LogP contribution >= 0.6 is 0 Å². The second-order valence-electron chi connectivity index (χ2n) is 5.56. The number of sulfonamides is 1.